The Morgan fingerprint density at radius 1 is 1.08 bits per heavy atom. The van der Waals surface area contributed by atoms with Crippen LogP contribution in [0.1, 0.15) is 48.8 Å². The molecular formula is C32H32N2O3. The molecule has 1 N–H and O–H groups in total. The van der Waals surface area contributed by atoms with Crippen LogP contribution in [0, 0.1) is 12.8 Å². The first-order valence-corrected chi connectivity index (χ1v) is 13.8. The number of aliphatic hydroxyl groups is 1. The Hall–Kier alpha value is -3.02. The summed E-state index contributed by atoms with van der Waals surface area (Å²) in [7, 11) is 0. The Kier molecular flexibility index (Phi) is 4.47. The third-order valence-corrected chi connectivity index (χ3v) is 10.1. The molecule has 37 heavy (non-hydrogen) atoms. The number of likely N-dealkylation sites (tertiary alicyclic amines) is 1. The normalized spacial score (nSPS) is 31.7. The van der Waals surface area contributed by atoms with Crippen LogP contribution in [0.25, 0.3) is 22.4 Å². The zero-order valence-electron chi connectivity index (χ0n) is 21.2. The minimum absolute atomic E-state index is 0.0494. The molecule has 0 amide bonds. The van der Waals surface area contributed by atoms with Crippen molar-refractivity contribution >= 4 is 5.78 Å². The van der Waals surface area contributed by atoms with E-state index in [9.17, 15) is 9.90 Å². The average Bonchev–Trinajstić information content (AvgIpc) is 3.65. The Bertz CT molecular complexity index is 1450. The molecule has 4 atom stereocenters. The Morgan fingerprint density at radius 2 is 1.97 bits per heavy atom. The van der Waals surface area contributed by atoms with Gasteiger partial charge in [0, 0.05) is 41.9 Å². The molecule has 5 aliphatic rings. The van der Waals surface area contributed by atoms with Crippen LogP contribution >= 0.6 is 0 Å². The van der Waals surface area contributed by atoms with E-state index in [2.05, 4.69) is 47.1 Å². The summed E-state index contributed by atoms with van der Waals surface area (Å²) in [5.74, 6) is 1.72. The van der Waals surface area contributed by atoms with E-state index in [0.717, 1.165) is 71.1 Å². The van der Waals surface area contributed by atoms with Crippen LogP contribution in [-0.2, 0) is 16.6 Å². The molecule has 1 spiro atoms. The number of ether oxygens (including phenoxy) is 1. The van der Waals surface area contributed by atoms with Gasteiger partial charge >= 0.3 is 0 Å². The molecule has 2 aromatic carbocycles. The highest BCUT2D eigenvalue weighted by Gasteiger charge is 2.73. The van der Waals surface area contributed by atoms with Gasteiger partial charge in [0.15, 0.2) is 11.9 Å². The molecule has 5 nitrogen and oxygen atoms in total. The highest BCUT2D eigenvalue weighted by atomic mass is 16.5. The maximum absolute atomic E-state index is 13.5. The van der Waals surface area contributed by atoms with Gasteiger partial charge in [0.2, 0.25) is 0 Å². The lowest BCUT2D eigenvalue weighted by Gasteiger charge is -2.62. The van der Waals surface area contributed by atoms with Crippen molar-refractivity contribution < 1.29 is 14.6 Å². The molecule has 2 bridgehead atoms. The second-order valence-electron chi connectivity index (χ2n) is 12.0. The molecule has 0 radical (unpaired) electrons. The molecule has 3 aromatic rings. The second kappa shape index (κ2) is 7.52. The first kappa shape index (κ1) is 22.0. The zero-order chi connectivity index (χ0) is 24.9. The lowest BCUT2D eigenvalue weighted by atomic mass is 9.49. The van der Waals surface area contributed by atoms with Crippen molar-refractivity contribution in [3.63, 3.8) is 0 Å². The minimum Gasteiger partial charge on any atom is -0.481 e. The summed E-state index contributed by atoms with van der Waals surface area (Å²) in [5.41, 5.74) is 6.00. The van der Waals surface area contributed by atoms with Gasteiger partial charge < -0.3 is 9.84 Å². The summed E-state index contributed by atoms with van der Waals surface area (Å²) in [6, 6.07) is 16.8. The molecular weight excluding hydrogens is 460 g/mol. The van der Waals surface area contributed by atoms with E-state index >= 15 is 0 Å². The van der Waals surface area contributed by atoms with Crippen LogP contribution in [0.3, 0.4) is 0 Å². The predicted molar refractivity (Wildman–Crippen MR) is 142 cm³/mol. The van der Waals surface area contributed by atoms with Crippen LogP contribution in [0.2, 0.25) is 0 Å². The molecule has 8 rings (SSSR count). The van der Waals surface area contributed by atoms with Crippen LogP contribution in [0.4, 0.5) is 0 Å². The molecule has 2 saturated carbocycles. The van der Waals surface area contributed by atoms with Gasteiger partial charge in [-0.15, -0.1) is 0 Å². The lowest BCUT2D eigenvalue weighted by Crippen LogP contribution is -2.76. The number of pyridine rings is 1. The maximum atomic E-state index is 13.5. The molecule has 1 saturated heterocycles. The highest BCUT2D eigenvalue weighted by molar-refractivity contribution is 5.93. The smallest absolute Gasteiger partial charge is 0.174 e. The number of ketones is 1. The van der Waals surface area contributed by atoms with Gasteiger partial charge in [-0.05, 0) is 80.3 Å². The van der Waals surface area contributed by atoms with Gasteiger partial charge in [-0.3, -0.25) is 14.7 Å². The molecule has 3 heterocycles. The van der Waals surface area contributed by atoms with E-state index in [0.29, 0.717) is 12.8 Å². The van der Waals surface area contributed by atoms with Gasteiger partial charge in [-0.1, -0.05) is 36.4 Å². The van der Waals surface area contributed by atoms with Gasteiger partial charge in [0.05, 0.1) is 16.7 Å². The van der Waals surface area contributed by atoms with Crippen molar-refractivity contribution in [1.29, 1.82) is 0 Å². The maximum Gasteiger partial charge on any atom is 0.174 e. The van der Waals surface area contributed by atoms with E-state index in [-0.39, 0.29) is 11.8 Å². The number of benzene rings is 2. The predicted octanol–water partition coefficient (Wildman–Crippen LogP) is 4.86. The van der Waals surface area contributed by atoms with E-state index < -0.39 is 17.1 Å². The van der Waals surface area contributed by atoms with Gasteiger partial charge in [0.1, 0.15) is 5.75 Å². The average molecular weight is 493 g/mol. The van der Waals surface area contributed by atoms with Crippen LogP contribution in [0.5, 0.6) is 5.75 Å². The van der Waals surface area contributed by atoms with Gasteiger partial charge in [-0.2, -0.15) is 0 Å². The van der Waals surface area contributed by atoms with Gasteiger partial charge in [0.25, 0.3) is 0 Å². The Morgan fingerprint density at radius 3 is 2.78 bits per heavy atom. The number of hydrogen-bond donors (Lipinski definition) is 1. The summed E-state index contributed by atoms with van der Waals surface area (Å²) in [6.07, 6.45) is 6.34. The summed E-state index contributed by atoms with van der Waals surface area (Å²) in [5, 5.41) is 12.6. The molecule has 3 aliphatic carbocycles. The van der Waals surface area contributed by atoms with E-state index in [1.165, 1.54) is 18.4 Å². The third-order valence-electron chi connectivity index (χ3n) is 10.1. The van der Waals surface area contributed by atoms with Crippen LogP contribution in [-0.4, -0.2) is 51.6 Å². The Balaban J connectivity index is 1.35. The zero-order valence-corrected chi connectivity index (χ0v) is 21.2. The van der Waals surface area contributed by atoms with Crippen molar-refractivity contribution in [2.45, 2.75) is 68.6 Å². The number of aromatic nitrogens is 1. The topological polar surface area (TPSA) is 62.7 Å². The molecule has 1 aromatic heterocycles. The quantitative estimate of drug-likeness (QED) is 0.564. The Labute approximate surface area is 217 Å². The molecule has 188 valence electrons. The summed E-state index contributed by atoms with van der Waals surface area (Å²) in [6.45, 7) is 4.11. The fraction of sp³-hybridized carbons (Fsp3) is 0.438. The standard InChI is InChI=1S/C32H32N2O3/c1-19-5-4-6-22(27(19)24-7-2-3-15-33-24)23-11-10-21-17-26-32(36)13-12-25(35)30-31(32,28(21)29(23)37-30)14-16-34(26)18-20-8-9-20/h2-7,10-11,15,20,26,30,36H,8-9,12-14,16-18H2,1H3/t26-,30+,31+,32-/m1/s1. The molecule has 2 aliphatic heterocycles. The first-order chi connectivity index (χ1) is 18.0. The SMILES string of the molecule is Cc1cccc(-c2ccc3c4c2O[C@H]2C(=O)CC[C@@]5(O)[C@@H](C3)N(CC3CC3)CC[C@]425)c1-c1ccccn1. The number of aryl methyl sites for hydroxylation is 1. The highest BCUT2D eigenvalue weighted by Crippen LogP contribution is 2.65. The number of hydrogen-bond acceptors (Lipinski definition) is 5. The van der Waals surface area contributed by atoms with Crippen LogP contribution in [0.15, 0.2) is 54.7 Å². The largest absolute Gasteiger partial charge is 0.481 e. The van der Waals surface area contributed by atoms with E-state index in [1.54, 1.807) is 0 Å². The number of carbonyl (C=O) groups excluding carboxylic acids is 1. The summed E-state index contributed by atoms with van der Waals surface area (Å²) in [4.78, 5) is 20.7. The van der Waals surface area contributed by atoms with Crippen molar-refractivity contribution in [2.24, 2.45) is 5.92 Å². The van der Waals surface area contributed by atoms with Crippen LogP contribution < -0.4 is 4.74 Å². The fourth-order valence-corrected chi connectivity index (χ4v) is 8.23. The third kappa shape index (κ3) is 2.82. The molecule has 0 unspecified atom stereocenters. The monoisotopic (exact) mass is 492 g/mol. The number of Topliss-reactive ketones (excluding diaryl/α,β-unsaturated/α-hetero) is 1. The van der Waals surface area contributed by atoms with E-state index in [1.807, 2.05) is 24.4 Å². The number of rotatable bonds is 4. The van der Waals surface area contributed by atoms with Crippen molar-refractivity contribution in [3.05, 3.63) is 71.4 Å². The van der Waals surface area contributed by atoms with Crippen molar-refractivity contribution in [2.75, 3.05) is 13.1 Å². The number of carbonyl (C=O) groups is 1. The number of piperidine rings is 1. The molecule has 3 fully saturated rings. The number of nitrogens with zero attached hydrogens (tertiary/aromatic N) is 2. The summed E-state index contributed by atoms with van der Waals surface area (Å²) >= 11 is 0. The summed E-state index contributed by atoms with van der Waals surface area (Å²) < 4.78 is 6.75. The first-order valence-electron chi connectivity index (χ1n) is 13.8. The van der Waals surface area contributed by atoms with Gasteiger partial charge in [-0.25, -0.2) is 0 Å². The minimum atomic E-state index is -0.938. The fourth-order valence-electron chi connectivity index (χ4n) is 8.23. The van der Waals surface area contributed by atoms with Crippen molar-refractivity contribution in [1.82, 2.24) is 9.88 Å². The second-order valence-corrected chi connectivity index (χ2v) is 12.0. The lowest BCUT2D eigenvalue weighted by molar-refractivity contribution is -0.188. The van der Waals surface area contributed by atoms with E-state index in [4.69, 9.17) is 4.74 Å². The van der Waals surface area contributed by atoms with Crippen molar-refractivity contribution in [3.8, 4) is 28.1 Å². The molecule has 5 heteroatoms.